The van der Waals surface area contributed by atoms with Gasteiger partial charge < -0.3 is 5.32 Å². The molecule has 0 heterocycles. The monoisotopic (exact) mass is 269 g/mol. The normalized spacial score (nSPS) is 14.8. The zero-order valence-electron chi connectivity index (χ0n) is 14.4. The Morgan fingerprint density at radius 1 is 0.789 bits per heavy atom. The van der Waals surface area contributed by atoms with Crippen molar-refractivity contribution in [3.05, 3.63) is 0 Å². The van der Waals surface area contributed by atoms with Gasteiger partial charge in [-0.2, -0.15) is 0 Å². The van der Waals surface area contributed by atoms with Crippen LogP contribution in [0.3, 0.4) is 0 Å². The van der Waals surface area contributed by atoms with E-state index in [0.29, 0.717) is 11.5 Å². The Morgan fingerprint density at radius 3 is 1.89 bits per heavy atom. The van der Waals surface area contributed by atoms with Crippen molar-refractivity contribution in [1.29, 1.82) is 0 Å². The Kier molecular flexibility index (Phi) is 11.7. The van der Waals surface area contributed by atoms with Crippen molar-refractivity contribution in [2.75, 3.05) is 6.54 Å². The maximum Gasteiger partial charge on any atom is 0.00106 e. The van der Waals surface area contributed by atoms with E-state index in [9.17, 15) is 0 Å². The Hall–Kier alpha value is -0.0400. The predicted molar refractivity (Wildman–Crippen MR) is 88.8 cm³/mol. The lowest BCUT2D eigenvalue weighted by atomic mass is 9.80. The molecule has 0 aromatic heterocycles. The van der Waals surface area contributed by atoms with Crippen molar-refractivity contribution in [2.24, 2.45) is 5.41 Å². The summed E-state index contributed by atoms with van der Waals surface area (Å²) in [5.74, 6) is 0. The average molecular weight is 270 g/mol. The van der Waals surface area contributed by atoms with Crippen LogP contribution < -0.4 is 5.32 Å². The first kappa shape index (κ1) is 19.0. The minimum absolute atomic E-state index is 0.516. The van der Waals surface area contributed by atoms with Crippen LogP contribution in [0.1, 0.15) is 98.8 Å². The lowest BCUT2D eigenvalue weighted by molar-refractivity contribution is 0.239. The van der Waals surface area contributed by atoms with E-state index in [1.54, 1.807) is 0 Å². The van der Waals surface area contributed by atoms with Gasteiger partial charge in [-0.05, 0) is 18.3 Å². The second-order valence-electron chi connectivity index (χ2n) is 6.97. The molecule has 116 valence electrons. The van der Waals surface area contributed by atoms with Gasteiger partial charge in [0.15, 0.2) is 0 Å². The van der Waals surface area contributed by atoms with E-state index in [4.69, 9.17) is 0 Å². The first-order valence-electron chi connectivity index (χ1n) is 8.77. The van der Waals surface area contributed by atoms with Crippen molar-refractivity contribution in [2.45, 2.75) is 105 Å². The summed E-state index contributed by atoms with van der Waals surface area (Å²) in [6, 6.07) is 0.616. The Labute approximate surface area is 122 Å². The molecular weight excluding hydrogens is 230 g/mol. The van der Waals surface area contributed by atoms with Crippen LogP contribution in [-0.2, 0) is 0 Å². The molecule has 0 amide bonds. The van der Waals surface area contributed by atoms with Gasteiger partial charge in [-0.25, -0.2) is 0 Å². The van der Waals surface area contributed by atoms with E-state index in [1.165, 1.54) is 70.8 Å². The Bertz CT molecular complexity index is 188. The number of hydrogen-bond donors (Lipinski definition) is 1. The molecule has 0 fully saturated rings. The number of unbranched alkanes of at least 4 members (excludes halogenated alkanes) is 6. The number of hydrogen-bond acceptors (Lipinski definition) is 1. The largest absolute Gasteiger partial charge is 0.314 e. The molecule has 0 aliphatic carbocycles. The van der Waals surface area contributed by atoms with Crippen molar-refractivity contribution >= 4 is 0 Å². The van der Waals surface area contributed by atoms with Gasteiger partial charge in [0, 0.05) is 12.6 Å². The molecule has 1 N–H and O–H groups in total. The Balaban J connectivity index is 3.74. The molecule has 1 atom stereocenters. The van der Waals surface area contributed by atoms with Crippen LogP contribution >= 0.6 is 0 Å². The lowest BCUT2D eigenvalue weighted by Gasteiger charge is -2.31. The molecule has 0 rings (SSSR count). The topological polar surface area (TPSA) is 12.0 Å². The molecular formula is C18H39N. The summed E-state index contributed by atoms with van der Waals surface area (Å²) in [7, 11) is 0. The fourth-order valence-electron chi connectivity index (χ4n) is 2.86. The van der Waals surface area contributed by atoms with Crippen LogP contribution in [0.15, 0.2) is 0 Å². The number of rotatable bonds is 13. The average Bonchev–Trinajstić information content (AvgIpc) is 2.36. The smallest absolute Gasteiger partial charge is 0.00106 e. The first-order valence-corrected chi connectivity index (χ1v) is 8.77. The summed E-state index contributed by atoms with van der Waals surface area (Å²) in [5.41, 5.74) is 0.516. The molecule has 0 aromatic rings. The molecule has 0 aliphatic rings. The fourth-order valence-corrected chi connectivity index (χ4v) is 2.86. The fraction of sp³-hybridized carbons (Fsp3) is 1.00. The maximum absolute atomic E-state index is 3.64. The predicted octanol–water partition coefficient (Wildman–Crippen LogP) is 5.93. The quantitative estimate of drug-likeness (QED) is 0.408. The summed E-state index contributed by atoms with van der Waals surface area (Å²) in [5, 5.41) is 3.64. The third kappa shape index (κ3) is 11.5. The highest BCUT2D eigenvalue weighted by Crippen LogP contribution is 2.29. The molecule has 0 aromatic carbocycles. The minimum atomic E-state index is 0.516. The number of nitrogens with one attached hydrogen (secondary N) is 1. The van der Waals surface area contributed by atoms with Gasteiger partial charge in [0.25, 0.3) is 0 Å². The third-order valence-corrected chi connectivity index (χ3v) is 4.17. The van der Waals surface area contributed by atoms with E-state index in [1.807, 2.05) is 0 Å². The van der Waals surface area contributed by atoms with Crippen molar-refractivity contribution in [1.82, 2.24) is 5.32 Å². The molecule has 1 nitrogen and oxygen atoms in total. The highest BCUT2D eigenvalue weighted by atomic mass is 14.9. The van der Waals surface area contributed by atoms with E-state index >= 15 is 0 Å². The summed E-state index contributed by atoms with van der Waals surface area (Å²) in [6.45, 7) is 12.8. The molecule has 0 saturated heterocycles. The standard InChI is InChI=1S/C18H39N/c1-6-8-9-10-11-12-13-15-18(5,14-7-2)16-19-17(3)4/h17,19H,6-16H2,1-5H3. The summed E-state index contributed by atoms with van der Waals surface area (Å²) in [6.07, 6.45) is 14.0. The van der Waals surface area contributed by atoms with Gasteiger partial charge in [-0.3, -0.25) is 0 Å². The lowest BCUT2D eigenvalue weighted by Crippen LogP contribution is -2.35. The van der Waals surface area contributed by atoms with Gasteiger partial charge in [0.1, 0.15) is 0 Å². The third-order valence-electron chi connectivity index (χ3n) is 4.17. The van der Waals surface area contributed by atoms with E-state index in [2.05, 4.69) is 39.9 Å². The molecule has 0 spiro atoms. The van der Waals surface area contributed by atoms with Crippen LogP contribution in [-0.4, -0.2) is 12.6 Å². The van der Waals surface area contributed by atoms with Crippen LogP contribution in [0.2, 0.25) is 0 Å². The summed E-state index contributed by atoms with van der Waals surface area (Å²) < 4.78 is 0. The summed E-state index contributed by atoms with van der Waals surface area (Å²) in [4.78, 5) is 0. The minimum Gasteiger partial charge on any atom is -0.314 e. The van der Waals surface area contributed by atoms with E-state index < -0.39 is 0 Å². The van der Waals surface area contributed by atoms with Gasteiger partial charge in [-0.15, -0.1) is 0 Å². The molecule has 1 unspecified atom stereocenters. The van der Waals surface area contributed by atoms with Gasteiger partial charge in [-0.1, -0.05) is 86.0 Å². The van der Waals surface area contributed by atoms with Crippen LogP contribution in [0, 0.1) is 5.41 Å². The maximum atomic E-state index is 3.64. The van der Waals surface area contributed by atoms with E-state index in [0.717, 1.165) is 0 Å². The highest BCUT2D eigenvalue weighted by Gasteiger charge is 2.22. The molecule has 0 radical (unpaired) electrons. The summed E-state index contributed by atoms with van der Waals surface area (Å²) >= 11 is 0. The van der Waals surface area contributed by atoms with Gasteiger partial charge >= 0.3 is 0 Å². The van der Waals surface area contributed by atoms with Crippen LogP contribution in [0.25, 0.3) is 0 Å². The van der Waals surface area contributed by atoms with Crippen molar-refractivity contribution in [3.63, 3.8) is 0 Å². The molecule has 0 bridgehead atoms. The SMILES string of the molecule is CCCCCCCCCC(C)(CCC)CNC(C)C. The molecule has 0 aliphatic heterocycles. The van der Waals surface area contributed by atoms with Gasteiger partial charge in [0.2, 0.25) is 0 Å². The second kappa shape index (κ2) is 11.8. The van der Waals surface area contributed by atoms with Crippen LogP contribution in [0.5, 0.6) is 0 Å². The van der Waals surface area contributed by atoms with Gasteiger partial charge in [0.05, 0.1) is 0 Å². The first-order chi connectivity index (χ1) is 9.04. The van der Waals surface area contributed by atoms with E-state index in [-0.39, 0.29) is 0 Å². The molecule has 19 heavy (non-hydrogen) atoms. The second-order valence-corrected chi connectivity index (χ2v) is 6.97. The highest BCUT2D eigenvalue weighted by molar-refractivity contribution is 4.77. The van der Waals surface area contributed by atoms with Crippen LogP contribution in [0.4, 0.5) is 0 Å². The molecule has 0 saturated carbocycles. The zero-order chi connectivity index (χ0) is 14.6. The Morgan fingerprint density at radius 2 is 1.37 bits per heavy atom. The zero-order valence-corrected chi connectivity index (χ0v) is 14.4. The van der Waals surface area contributed by atoms with Crippen molar-refractivity contribution in [3.8, 4) is 0 Å². The molecule has 1 heteroatoms. The van der Waals surface area contributed by atoms with Crippen molar-refractivity contribution < 1.29 is 0 Å².